The van der Waals surface area contributed by atoms with Crippen molar-refractivity contribution in [3.63, 3.8) is 0 Å². The lowest BCUT2D eigenvalue weighted by atomic mass is 10.1. The second-order valence-corrected chi connectivity index (χ2v) is 5.16. The van der Waals surface area contributed by atoms with Gasteiger partial charge in [-0.1, -0.05) is 11.6 Å². The number of aromatic nitrogens is 1. The maximum atomic E-state index is 12.1. The number of benzene rings is 2. The van der Waals surface area contributed by atoms with Crippen LogP contribution in [0.5, 0.6) is 5.75 Å². The third-order valence-corrected chi connectivity index (χ3v) is 3.58. The SMILES string of the molecule is O=C(O)CCc1cc2nc3ccc(O)cc3oc-2c(Cl)c1=O. The summed E-state index contributed by atoms with van der Waals surface area (Å²) in [5, 5.41) is 18.0. The van der Waals surface area contributed by atoms with E-state index in [1.807, 2.05) is 0 Å². The van der Waals surface area contributed by atoms with Crippen molar-refractivity contribution in [2.24, 2.45) is 0 Å². The fourth-order valence-corrected chi connectivity index (χ4v) is 2.43. The predicted molar refractivity (Wildman–Crippen MR) is 79.5 cm³/mol. The maximum Gasteiger partial charge on any atom is 0.303 e. The van der Waals surface area contributed by atoms with Gasteiger partial charge in [0.25, 0.3) is 0 Å². The van der Waals surface area contributed by atoms with E-state index in [9.17, 15) is 14.7 Å². The van der Waals surface area contributed by atoms with Gasteiger partial charge in [-0.25, -0.2) is 4.98 Å². The van der Waals surface area contributed by atoms with Crippen LogP contribution in [0.2, 0.25) is 5.02 Å². The third kappa shape index (κ3) is 2.48. The molecule has 0 radical (unpaired) electrons. The molecule has 3 rings (SSSR count). The molecule has 0 spiro atoms. The first kappa shape index (κ1) is 14.3. The van der Waals surface area contributed by atoms with Gasteiger partial charge in [-0.05, 0) is 24.6 Å². The summed E-state index contributed by atoms with van der Waals surface area (Å²) in [5.74, 6) is -0.875. The van der Waals surface area contributed by atoms with Crippen molar-refractivity contribution < 1.29 is 19.4 Å². The molecule has 0 unspecified atom stereocenters. The second-order valence-electron chi connectivity index (χ2n) is 4.79. The van der Waals surface area contributed by atoms with E-state index in [-0.39, 0.29) is 34.9 Å². The largest absolute Gasteiger partial charge is 0.508 e. The summed E-state index contributed by atoms with van der Waals surface area (Å²) in [6, 6.07) is 5.90. The molecule has 0 aromatic heterocycles. The fraction of sp³-hybridized carbons (Fsp3) is 0.133. The molecule has 1 aromatic carbocycles. The lowest BCUT2D eigenvalue weighted by Crippen LogP contribution is -2.13. The van der Waals surface area contributed by atoms with E-state index in [0.29, 0.717) is 16.8 Å². The number of halogens is 1. The first-order valence-corrected chi connectivity index (χ1v) is 6.80. The summed E-state index contributed by atoms with van der Waals surface area (Å²) in [6.07, 6.45) is -0.102. The molecule has 6 nitrogen and oxygen atoms in total. The van der Waals surface area contributed by atoms with Gasteiger partial charge in [0.1, 0.15) is 22.0 Å². The first-order chi connectivity index (χ1) is 10.5. The van der Waals surface area contributed by atoms with Crippen LogP contribution in [0, 0.1) is 0 Å². The summed E-state index contributed by atoms with van der Waals surface area (Å²) in [4.78, 5) is 27.1. The Balaban J connectivity index is 2.23. The van der Waals surface area contributed by atoms with Gasteiger partial charge in [0.15, 0.2) is 11.3 Å². The molecule has 0 atom stereocenters. The van der Waals surface area contributed by atoms with E-state index >= 15 is 0 Å². The molecule has 0 saturated carbocycles. The van der Waals surface area contributed by atoms with Crippen LogP contribution in [-0.2, 0) is 11.2 Å². The first-order valence-electron chi connectivity index (χ1n) is 6.42. The van der Waals surface area contributed by atoms with Crippen molar-refractivity contribution in [3.05, 3.63) is 45.1 Å². The van der Waals surface area contributed by atoms with Crippen LogP contribution in [0.15, 0.2) is 33.5 Å². The summed E-state index contributed by atoms with van der Waals surface area (Å²) >= 11 is 6.03. The minimum absolute atomic E-state index is 0.00828. The van der Waals surface area contributed by atoms with Crippen molar-refractivity contribution in [1.82, 2.24) is 4.98 Å². The molecule has 0 fully saturated rings. The van der Waals surface area contributed by atoms with Crippen molar-refractivity contribution >= 4 is 28.7 Å². The number of hydrogen-bond donors (Lipinski definition) is 2. The molecule has 7 heteroatoms. The number of aryl methyl sites for hydroxylation is 1. The van der Waals surface area contributed by atoms with E-state index in [1.54, 1.807) is 6.07 Å². The van der Waals surface area contributed by atoms with Crippen LogP contribution in [0.25, 0.3) is 22.6 Å². The van der Waals surface area contributed by atoms with Crippen molar-refractivity contribution in [2.75, 3.05) is 0 Å². The smallest absolute Gasteiger partial charge is 0.303 e. The molecule has 1 aliphatic heterocycles. The zero-order valence-electron chi connectivity index (χ0n) is 11.2. The van der Waals surface area contributed by atoms with Crippen molar-refractivity contribution in [2.45, 2.75) is 12.8 Å². The third-order valence-electron chi connectivity index (χ3n) is 3.24. The standard InChI is InChI=1S/C15H10ClNO5/c16-13-14(21)7(1-4-12(19)20)5-10-15(13)22-11-6-8(18)2-3-9(11)17-10/h2-3,5-6,18H,1,4H2,(H,19,20). The minimum Gasteiger partial charge on any atom is -0.508 e. The van der Waals surface area contributed by atoms with Crippen LogP contribution in [-0.4, -0.2) is 21.2 Å². The number of aromatic hydroxyl groups is 1. The topological polar surface area (TPSA) is 101 Å². The highest BCUT2D eigenvalue weighted by Crippen LogP contribution is 2.31. The molecule has 1 heterocycles. The average Bonchev–Trinajstić information content (AvgIpc) is 2.48. The van der Waals surface area contributed by atoms with Gasteiger partial charge in [0.2, 0.25) is 5.43 Å². The molecule has 2 N–H and O–H groups in total. The molecule has 1 aromatic rings. The number of hydrogen-bond acceptors (Lipinski definition) is 5. The molecule has 2 aliphatic rings. The Morgan fingerprint density at radius 1 is 1.32 bits per heavy atom. The molecule has 112 valence electrons. The molecule has 0 bridgehead atoms. The monoisotopic (exact) mass is 319 g/mol. The van der Waals surface area contributed by atoms with Crippen LogP contribution < -0.4 is 5.43 Å². The molecule has 0 amide bonds. The second kappa shape index (κ2) is 5.31. The maximum absolute atomic E-state index is 12.1. The van der Waals surface area contributed by atoms with Crippen LogP contribution in [0.3, 0.4) is 0 Å². The lowest BCUT2D eigenvalue weighted by Gasteiger charge is -2.10. The van der Waals surface area contributed by atoms with Crippen LogP contribution >= 0.6 is 11.6 Å². The minimum atomic E-state index is -0.998. The van der Waals surface area contributed by atoms with Gasteiger partial charge in [-0.15, -0.1) is 0 Å². The number of fused-ring (bicyclic) bond motifs is 2. The number of rotatable bonds is 3. The molecule has 1 aliphatic carbocycles. The van der Waals surface area contributed by atoms with E-state index < -0.39 is 11.4 Å². The molecule has 22 heavy (non-hydrogen) atoms. The van der Waals surface area contributed by atoms with E-state index in [0.717, 1.165) is 0 Å². The predicted octanol–water partition coefficient (Wildman–Crippen LogP) is 2.67. The zero-order valence-corrected chi connectivity index (χ0v) is 11.9. The van der Waals surface area contributed by atoms with Crippen LogP contribution in [0.1, 0.15) is 12.0 Å². The molecular weight excluding hydrogens is 310 g/mol. The quantitative estimate of drug-likeness (QED) is 0.720. The van der Waals surface area contributed by atoms with Gasteiger partial charge < -0.3 is 14.6 Å². The van der Waals surface area contributed by atoms with E-state index in [2.05, 4.69) is 4.98 Å². The Labute approximate surface area is 128 Å². The molecular formula is C15H10ClNO5. The fourth-order valence-electron chi connectivity index (χ4n) is 2.18. The van der Waals surface area contributed by atoms with Gasteiger partial charge >= 0.3 is 5.97 Å². The van der Waals surface area contributed by atoms with Gasteiger partial charge in [0.05, 0.1) is 0 Å². The van der Waals surface area contributed by atoms with Gasteiger partial charge in [-0.3, -0.25) is 9.59 Å². The number of carbonyl (C=O) groups is 1. The van der Waals surface area contributed by atoms with Crippen molar-refractivity contribution in [3.8, 4) is 17.2 Å². The Hall–Kier alpha value is -2.60. The summed E-state index contributed by atoms with van der Waals surface area (Å²) in [5.41, 5.74) is 0.959. The zero-order chi connectivity index (χ0) is 15.9. The lowest BCUT2D eigenvalue weighted by molar-refractivity contribution is -0.136. The molecule has 0 saturated heterocycles. The summed E-state index contributed by atoms with van der Waals surface area (Å²) in [6.45, 7) is 0. The number of carboxylic acids is 1. The Morgan fingerprint density at radius 3 is 2.82 bits per heavy atom. The van der Waals surface area contributed by atoms with E-state index in [1.165, 1.54) is 18.2 Å². The van der Waals surface area contributed by atoms with Crippen LogP contribution in [0.4, 0.5) is 0 Å². The normalized spacial score (nSPS) is 11.1. The number of carboxylic acid groups (broad SMARTS) is 1. The van der Waals surface area contributed by atoms with Gasteiger partial charge in [-0.2, -0.15) is 0 Å². The summed E-state index contributed by atoms with van der Waals surface area (Å²) in [7, 11) is 0. The van der Waals surface area contributed by atoms with Crippen molar-refractivity contribution in [1.29, 1.82) is 0 Å². The highest BCUT2D eigenvalue weighted by Gasteiger charge is 2.19. The number of phenols is 1. The average molecular weight is 320 g/mol. The number of nitrogens with zero attached hydrogens (tertiary/aromatic N) is 1. The van der Waals surface area contributed by atoms with Gasteiger partial charge in [0, 0.05) is 18.1 Å². The summed E-state index contributed by atoms with van der Waals surface area (Å²) < 4.78 is 5.55. The number of aliphatic carboxylic acids is 1. The van der Waals surface area contributed by atoms with E-state index in [4.69, 9.17) is 21.1 Å². The number of phenolic OH excluding ortho intramolecular Hbond substituents is 1. The highest BCUT2D eigenvalue weighted by molar-refractivity contribution is 6.33. The highest BCUT2D eigenvalue weighted by atomic mass is 35.5. The Bertz CT molecular complexity index is 918. The Morgan fingerprint density at radius 2 is 2.09 bits per heavy atom. The Kier molecular flexibility index (Phi) is 3.46.